The van der Waals surface area contributed by atoms with Crippen LogP contribution in [0, 0.1) is 5.92 Å². The summed E-state index contributed by atoms with van der Waals surface area (Å²) in [7, 11) is 1.54. The Morgan fingerprint density at radius 1 is 1.39 bits per heavy atom. The lowest BCUT2D eigenvalue weighted by Gasteiger charge is -2.23. The van der Waals surface area contributed by atoms with Gasteiger partial charge in [0.25, 0.3) is 0 Å². The zero-order valence-electron chi connectivity index (χ0n) is 11.2. The largest absolute Gasteiger partial charge is 0.490 e. The molecule has 0 aliphatic rings. The smallest absolute Gasteiger partial charge is 0.198 e. The molecule has 18 heavy (non-hydrogen) atoms. The van der Waals surface area contributed by atoms with Crippen LogP contribution in [0.3, 0.4) is 0 Å². The van der Waals surface area contributed by atoms with Gasteiger partial charge in [-0.15, -0.1) is 0 Å². The number of rotatable bonds is 7. The molecular formula is C12H20ClN3O2. The lowest BCUT2D eigenvalue weighted by atomic mass is 10.1. The topological polar surface area (TPSA) is 56.3 Å². The molecule has 0 aromatic carbocycles. The second kappa shape index (κ2) is 7.38. The Balaban J connectivity index is 2.83. The van der Waals surface area contributed by atoms with Gasteiger partial charge in [-0.25, -0.2) is 9.97 Å². The van der Waals surface area contributed by atoms with Gasteiger partial charge < -0.3 is 14.8 Å². The van der Waals surface area contributed by atoms with Crippen LogP contribution >= 0.6 is 11.6 Å². The van der Waals surface area contributed by atoms with E-state index in [-0.39, 0.29) is 6.04 Å². The van der Waals surface area contributed by atoms with Gasteiger partial charge in [-0.3, -0.25) is 0 Å². The SMILES string of the molecule is CCOCC(Nc1ncnc(Cl)c1OC)C(C)C. The summed E-state index contributed by atoms with van der Waals surface area (Å²) in [4.78, 5) is 8.04. The highest BCUT2D eigenvalue weighted by molar-refractivity contribution is 6.31. The summed E-state index contributed by atoms with van der Waals surface area (Å²) in [5.41, 5.74) is 0. The van der Waals surface area contributed by atoms with Crippen molar-refractivity contribution in [1.29, 1.82) is 0 Å². The number of ether oxygens (including phenoxy) is 2. The molecule has 0 aliphatic carbocycles. The van der Waals surface area contributed by atoms with E-state index in [1.54, 1.807) is 7.11 Å². The van der Waals surface area contributed by atoms with Crippen molar-refractivity contribution in [2.45, 2.75) is 26.8 Å². The van der Waals surface area contributed by atoms with Crippen molar-refractivity contribution >= 4 is 17.4 Å². The molecule has 1 aromatic heterocycles. The van der Waals surface area contributed by atoms with E-state index in [9.17, 15) is 0 Å². The molecule has 0 aliphatic heterocycles. The molecule has 102 valence electrons. The molecule has 0 saturated heterocycles. The van der Waals surface area contributed by atoms with Crippen molar-refractivity contribution in [3.05, 3.63) is 11.5 Å². The fourth-order valence-electron chi connectivity index (χ4n) is 1.46. The number of hydrogen-bond acceptors (Lipinski definition) is 5. The molecule has 0 radical (unpaired) electrons. The van der Waals surface area contributed by atoms with Crippen LogP contribution in [0.25, 0.3) is 0 Å². The quantitative estimate of drug-likeness (QED) is 0.774. The fourth-order valence-corrected chi connectivity index (χ4v) is 1.67. The summed E-state index contributed by atoms with van der Waals surface area (Å²) < 4.78 is 10.7. The van der Waals surface area contributed by atoms with E-state index in [4.69, 9.17) is 21.1 Å². The molecular weight excluding hydrogens is 254 g/mol. The van der Waals surface area contributed by atoms with E-state index >= 15 is 0 Å². The maximum absolute atomic E-state index is 5.95. The van der Waals surface area contributed by atoms with Crippen LogP contribution in [0.5, 0.6) is 5.75 Å². The molecule has 0 fully saturated rings. The summed E-state index contributed by atoms with van der Waals surface area (Å²) in [6.45, 7) is 7.50. The Kier molecular flexibility index (Phi) is 6.15. The Morgan fingerprint density at radius 2 is 2.11 bits per heavy atom. The number of anilines is 1. The van der Waals surface area contributed by atoms with E-state index in [1.807, 2.05) is 6.92 Å². The van der Waals surface area contributed by atoms with E-state index < -0.39 is 0 Å². The summed E-state index contributed by atoms with van der Waals surface area (Å²) in [5, 5.41) is 3.59. The number of methoxy groups -OCH3 is 1. The molecule has 1 heterocycles. The Morgan fingerprint density at radius 3 is 2.67 bits per heavy atom. The number of halogens is 1. The minimum atomic E-state index is 0.143. The van der Waals surface area contributed by atoms with Crippen molar-refractivity contribution in [3.63, 3.8) is 0 Å². The highest BCUT2D eigenvalue weighted by Crippen LogP contribution is 2.29. The molecule has 1 atom stereocenters. The number of aromatic nitrogens is 2. The molecule has 1 rings (SSSR count). The maximum Gasteiger partial charge on any atom is 0.198 e. The van der Waals surface area contributed by atoms with Crippen molar-refractivity contribution < 1.29 is 9.47 Å². The van der Waals surface area contributed by atoms with E-state index in [1.165, 1.54) is 6.33 Å². The number of nitrogens with one attached hydrogen (secondary N) is 1. The van der Waals surface area contributed by atoms with Gasteiger partial charge in [0.2, 0.25) is 0 Å². The molecule has 1 N–H and O–H groups in total. The van der Waals surface area contributed by atoms with Gasteiger partial charge in [-0.1, -0.05) is 25.4 Å². The maximum atomic E-state index is 5.95. The Bertz CT molecular complexity index is 374. The fraction of sp³-hybridized carbons (Fsp3) is 0.667. The molecule has 0 amide bonds. The van der Waals surface area contributed by atoms with Crippen LogP contribution in [0.1, 0.15) is 20.8 Å². The van der Waals surface area contributed by atoms with Crippen molar-refractivity contribution in [2.24, 2.45) is 5.92 Å². The van der Waals surface area contributed by atoms with Crippen molar-refractivity contribution in [1.82, 2.24) is 9.97 Å². The number of nitrogens with zero attached hydrogens (tertiary/aromatic N) is 2. The van der Waals surface area contributed by atoms with Crippen molar-refractivity contribution in [3.8, 4) is 5.75 Å². The first-order valence-corrected chi connectivity index (χ1v) is 6.36. The average molecular weight is 274 g/mol. The van der Waals surface area contributed by atoms with E-state index in [2.05, 4.69) is 29.1 Å². The van der Waals surface area contributed by atoms with E-state index in [0.29, 0.717) is 35.9 Å². The van der Waals surface area contributed by atoms with Gasteiger partial charge >= 0.3 is 0 Å². The average Bonchev–Trinajstić information content (AvgIpc) is 2.34. The predicted molar refractivity (Wildman–Crippen MR) is 72.3 cm³/mol. The van der Waals surface area contributed by atoms with Gasteiger partial charge in [0.05, 0.1) is 19.8 Å². The molecule has 1 unspecified atom stereocenters. The normalized spacial score (nSPS) is 12.6. The first-order chi connectivity index (χ1) is 8.60. The summed E-state index contributed by atoms with van der Waals surface area (Å²) in [6, 6.07) is 0.143. The van der Waals surface area contributed by atoms with Gasteiger partial charge in [0.15, 0.2) is 16.7 Å². The minimum Gasteiger partial charge on any atom is -0.490 e. The van der Waals surface area contributed by atoms with Gasteiger partial charge in [0.1, 0.15) is 6.33 Å². The lowest BCUT2D eigenvalue weighted by molar-refractivity contribution is 0.126. The van der Waals surface area contributed by atoms with Crippen LogP contribution < -0.4 is 10.1 Å². The van der Waals surface area contributed by atoms with Crippen molar-refractivity contribution in [2.75, 3.05) is 25.6 Å². The van der Waals surface area contributed by atoms with Gasteiger partial charge in [0, 0.05) is 6.61 Å². The lowest BCUT2D eigenvalue weighted by Crippen LogP contribution is -2.31. The molecule has 5 nitrogen and oxygen atoms in total. The Labute approximate surface area is 113 Å². The monoisotopic (exact) mass is 273 g/mol. The van der Waals surface area contributed by atoms with Crippen LogP contribution in [0.2, 0.25) is 5.15 Å². The second-order valence-corrected chi connectivity index (χ2v) is 4.56. The summed E-state index contributed by atoms with van der Waals surface area (Å²) in [6.07, 6.45) is 1.41. The van der Waals surface area contributed by atoms with Crippen LogP contribution in [0.4, 0.5) is 5.82 Å². The summed E-state index contributed by atoms with van der Waals surface area (Å²) >= 11 is 5.95. The highest BCUT2D eigenvalue weighted by atomic mass is 35.5. The zero-order chi connectivity index (χ0) is 13.5. The third-order valence-electron chi connectivity index (χ3n) is 2.59. The third kappa shape index (κ3) is 3.99. The minimum absolute atomic E-state index is 0.143. The molecule has 1 aromatic rings. The van der Waals surface area contributed by atoms with Crippen LogP contribution in [0.15, 0.2) is 6.33 Å². The van der Waals surface area contributed by atoms with Crippen LogP contribution in [-0.4, -0.2) is 36.3 Å². The Hall–Kier alpha value is -1.07. The first kappa shape index (κ1) is 15.0. The number of hydrogen-bond donors (Lipinski definition) is 1. The summed E-state index contributed by atoms with van der Waals surface area (Å²) in [5.74, 6) is 1.45. The standard InChI is InChI=1S/C12H20ClN3O2/c1-5-18-6-9(8(2)3)16-12-10(17-4)11(13)14-7-15-12/h7-9H,5-6H2,1-4H3,(H,14,15,16). The predicted octanol–water partition coefficient (Wildman–Crippen LogP) is 2.61. The molecule has 0 bridgehead atoms. The molecule has 0 saturated carbocycles. The van der Waals surface area contributed by atoms with Crippen LogP contribution in [-0.2, 0) is 4.74 Å². The third-order valence-corrected chi connectivity index (χ3v) is 2.86. The van der Waals surface area contributed by atoms with Gasteiger partial charge in [-0.05, 0) is 12.8 Å². The zero-order valence-corrected chi connectivity index (χ0v) is 12.0. The second-order valence-electron chi connectivity index (χ2n) is 4.20. The molecule has 0 spiro atoms. The van der Waals surface area contributed by atoms with Gasteiger partial charge in [-0.2, -0.15) is 0 Å². The first-order valence-electron chi connectivity index (χ1n) is 5.98. The van der Waals surface area contributed by atoms with E-state index in [0.717, 1.165) is 0 Å². The highest BCUT2D eigenvalue weighted by Gasteiger charge is 2.18. The molecule has 6 heteroatoms.